The first-order valence-electron chi connectivity index (χ1n) is 11.8. The molecule has 204 valence electrons. The van der Waals surface area contributed by atoms with Crippen LogP contribution in [0, 0.1) is 0 Å². The normalized spacial score (nSPS) is 12.8. The lowest BCUT2D eigenvalue weighted by Crippen LogP contribution is -2.38. The number of amides is 1. The van der Waals surface area contributed by atoms with Gasteiger partial charge in [-0.1, -0.05) is 6.07 Å². The van der Waals surface area contributed by atoms with Gasteiger partial charge < -0.3 is 28.4 Å². The van der Waals surface area contributed by atoms with Gasteiger partial charge in [0.15, 0.2) is 12.4 Å². The van der Waals surface area contributed by atoms with Gasteiger partial charge >= 0.3 is 18.1 Å². The summed E-state index contributed by atoms with van der Waals surface area (Å²) in [5, 5.41) is 0. The fraction of sp³-hybridized carbons (Fsp3) is 0.407. The molecule has 0 saturated carbocycles. The van der Waals surface area contributed by atoms with Gasteiger partial charge in [-0.25, -0.2) is 9.59 Å². The average Bonchev–Trinajstić information content (AvgIpc) is 2.90. The van der Waals surface area contributed by atoms with Gasteiger partial charge in [-0.3, -0.25) is 14.5 Å². The van der Waals surface area contributed by atoms with Crippen LogP contribution >= 0.6 is 0 Å². The number of esters is 2. The van der Waals surface area contributed by atoms with Crippen molar-refractivity contribution in [2.45, 2.75) is 52.7 Å². The summed E-state index contributed by atoms with van der Waals surface area (Å²) < 4.78 is 32.0. The van der Waals surface area contributed by atoms with Crippen molar-refractivity contribution in [1.82, 2.24) is 0 Å². The van der Waals surface area contributed by atoms with Crippen molar-refractivity contribution >= 4 is 29.7 Å². The third kappa shape index (κ3) is 7.37. The molecule has 1 aliphatic rings. The van der Waals surface area contributed by atoms with E-state index in [0.717, 1.165) is 12.0 Å². The Morgan fingerprint density at radius 1 is 0.895 bits per heavy atom. The van der Waals surface area contributed by atoms with E-state index in [-0.39, 0.29) is 34.2 Å². The molecule has 0 bridgehead atoms. The lowest BCUT2D eigenvalue weighted by molar-refractivity contribution is -0.157. The van der Waals surface area contributed by atoms with Crippen molar-refractivity contribution in [2.24, 2.45) is 0 Å². The molecule has 0 spiro atoms. The molecule has 0 N–H and O–H groups in total. The highest BCUT2D eigenvalue weighted by molar-refractivity contribution is 6.13. The van der Waals surface area contributed by atoms with Crippen LogP contribution in [-0.2, 0) is 23.8 Å². The van der Waals surface area contributed by atoms with E-state index in [9.17, 15) is 19.2 Å². The molecule has 1 heterocycles. The SMILES string of the molecule is COC(=O)Oc1ccc2c(c1)N(CC(=O)OC(C)(C)C)C(=O)c1c(OCC(=O)OC(C)(C)C)cccc1O2. The fourth-order valence-electron chi connectivity index (χ4n) is 3.45. The van der Waals surface area contributed by atoms with Crippen LogP contribution < -0.4 is 19.1 Å². The number of rotatable bonds is 6. The van der Waals surface area contributed by atoms with Gasteiger partial charge in [0, 0.05) is 6.07 Å². The molecule has 0 aliphatic carbocycles. The van der Waals surface area contributed by atoms with E-state index in [1.165, 1.54) is 24.3 Å². The molecule has 0 saturated heterocycles. The summed E-state index contributed by atoms with van der Waals surface area (Å²) in [6.07, 6.45) is -0.967. The zero-order valence-electron chi connectivity index (χ0n) is 22.4. The van der Waals surface area contributed by atoms with Crippen LogP contribution in [0.3, 0.4) is 0 Å². The topological polar surface area (TPSA) is 127 Å². The van der Waals surface area contributed by atoms with Crippen LogP contribution in [0.1, 0.15) is 51.9 Å². The third-order valence-corrected chi connectivity index (χ3v) is 4.73. The second-order valence-corrected chi connectivity index (χ2v) is 10.3. The molecule has 3 rings (SSSR count). The summed E-state index contributed by atoms with van der Waals surface area (Å²) in [6, 6.07) is 8.92. The Hall–Kier alpha value is -4.28. The molecule has 0 fully saturated rings. The molecule has 1 amide bonds. The highest BCUT2D eigenvalue weighted by Gasteiger charge is 2.34. The Bertz CT molecular complexity index is 1240. The second kappa shape index (κ2) is 11.0. The quantitative estimate of drug-likeness (QED) is 0.296. The summed E-state index contributed by atoms with van der Waals surface area (Å²) in [4.78, 5) is 51.7. The number of methoxy groups -OCH3 is 1. The summed E-state index contributed by atoms with van der Waals surface area (Å²) in [5.74, 6) is -1.56. The van der Waals surface area contributed by atoms with E-state index in [2.05, 4.69) is 4.74 Å². The van der Waals surface area contributed by atoms with E-state index in [1.807, 2.05) is 0 Å². The zero-order valence-corrected chi connectivity index (χ0v) is 22.4. The minimum absolute atomic E-state index is 0.0220. The van der Waals surface area contributed by atoms with Crippen LogP contribution in [0.4, 0.5) is 10.5 Å². The minimum atomic E-state index is -0.967. The second-order valence-electron chi connectivity index (χ2n) is 10.3. The van der Waals surface area contributed by atoms with E-state index in [0.29, 0.717) is 0 Å². The molecular weight excluding hydrogens is 498 g/mol. The summed E-state index contributed by atoms with van der Waals surface area (Å²) in [5.41, 5.74) is -1.41. The Kier molecular flexibility index (Phi) is 8.19. The van der Waals surface area contributed by atoms with Gasteiger partial charge in [-0.15, -0.1) is 0 Å². The molecular formula is C27H31NO10. The number of carbonyl (C=O) groups excluding carboxylic acids is 4. The van der Waals surface area contributed by atoms with Crippen LogP contribution in [0.5, 0.6) is 23.0 Å². The Balaban J connectivity index is 2.03. The molecule has 38 heavy (non-hydrogen) atoms. The summed E-state index contributed by atoms with van der Waals surface area (Å²) in [6.45, 7) is 9.32. The van der Waals surface area contributed by atoms with Gasteiger partial charge in [-0.05, 0) is 65.8 Å². The van der Waals surface area contributed by atoms with Gasteiger partial charge in [-0.2, -0.15) is 0 Å². The molecule has 0 atom stereocenters. The monoisotopic (exact) mass is 529 g/mol. The first-order valence-corrected chi connectivity index (χ1v) is 11.8. The Labute approximate surface area is 220 Å². The van der Waals surface area contributed by atoms with Crippen LogP contribution in [-0.4, -0.2) is 55.5 Å². The summed E-state index contributed by atoms with van der Waals surface area (Å²) in [7, 11) is 1.16. The molecule has 11 nitrogen and oxygen atoms in total. The Morgan fingerprint density at radius 2 is 1.55 bits per heavy atom. The van der Waals surface area contributed by atoms with E-state index >= 15 is 0 Å². The highest BCUT2D eigenvalue weighted by Crippen LogP contribution is 2.43. The third-order valence-electron chi connectivity index (χ3n) is 4.73. The lowest BCUT2D eigenvalue weighted by Gasteiger charge is -2.25. The maximum atomic E-state index is 13.9. The molecule has 1 aliphatic heterocycles. The number of nitrogens with zero attached hydrogens (tertiary/aromatic N) is 1. The number of ether oxygens (including phenoxy) is 6. The largest absolute Gasteiger partial charge is 0.513 e. The predicted octanol–water partition coefficient (Wildman–Crippen LogP) is 4.65. The number of fused-ring (bicyclic) bond motifs is 2. The fourth-order valence-corrected chi connectivity index (χ4v) is 3.45. The van der Waals surface area contributed by atoms with Crippen LogP contribution in [0.2, 0.25) is 0 Å². The van der Waals surface area contributed by atoms with Crippen molar-refractivity contribution in [3.8, 4) is 23.0 Å². The van der Waals surface area contributed by atoms with Gasteiger partial charge in [0.25, 0.3) is 5.91 Å². The van der Waals surface area contributed by atoms with E-state index in [4.69, 9.17) is 23.7 Å². The lowest BCUT2D eigenvalue weighted by atomic mass is 10.1. The number of carbonyl (C=O) groups is 4. The molecule has 2 aromatic carbocycles. The van der Waals surface area contributed by atoms with Crippen molar-refractivity contribution in [3.05, 3.63) is 42.0 Å². The van der Waals surface area contributed by atoms with Crippen LogP contribution in [0.15, 0.2) is 36.4 Å². The molecule has 0 aromatic heterocycles. The van der Waals surface area contributed by atoms with Crippen molar-refractivity contribution in [1.29, 1.82) is 0 Å². The van der Waals surface area contributed by atoms with E-state index in [1.54, 1.807) is 53.7 Å². The van der Waals surface area contributed by atoms with Gasteiger partial charge in [0.05, 0.1) is 12.8 Å². The van der Waals surface area contributed by atoms with Crippen LogP contribution in [0.25, 0.3) is 0 Å². The maximum Gasteiger partial charge on any atom is 0.513 e. The standard InChI is InChI=1S/C27H31NO10/c1-26(2,3)37-21(29)14-28-17-13-16(35-25(32)33-7)11-12-18(17)36-20-10-8-9-19(23(20)24(28)31)34-15-22(30)38-27(4,5)6/h8-13H,14-15H2,1-7H3. The summed E-state index contributed by atoms with van der Waals surface area (Å²) >= 11 is 0. The maximum absolute atomic E-state index is 13.9. The number of hydrogen-bond acceptors (Lipinski definition) is 10. The van der Waals surface area contributed by atoms with Gasteiger partial charge in [0.1, 0.15) is 40.6 Å². The first-order chi connectivity index (χ1) is 17.7. The Morgan fingerprint density at radius 3 is 2.18 bits per heavy atom. The smallest absolute Gasteiger partial charge is 0.481 e. The minimum Gasteiger partial charge on any atom is -0.481 e. The van der Waals surface area contributed by atoms with Crippen molar-refractivity contribution < 1.29 is 47.6 Å². The number of anilines is 1. The predicted molar refractivity (Wildman–Crippen MR) is 135 cm³/mol. The van der Waals surface area contributed by atoms with E-state index < -0.39 is 48.4 Å². The number of benzene rings is 2. The van der Waals surface area contributed by atoms with Crippen molar-refractivity contribution in [2.75, 3.05) is 25.2 Å². The highest BCUT2D eigenvalue weighted by atomic mass is 16.7. The zero-order chi connectivity index (χ0) is 28.3. The van der Waals surface area contributed by atoms with Gasteiger partial charge in [0.2, 0.25) is 0 Å². The molecule has 0 unspecified atom stereocenters. The first kappa shape index (κ1) is 28.3. The number of hydrogen-bond donors (Lipinski definition) is 0. The molecule has 2 aromatic rings. The molecule has 11 heteroatoms. The average molecular weight is 530 g/mol. The molecule has 0 radical (unpaired) electrons. The van der Waals surface area contributed by atoms with Crippen molar-refractivity contribution in [3.63, 3.8) is 0 Å².